The fourth-order valence-corrected chi connectivity index (χ4v) is 2.98. The predicted octanol–water partition coefficient (Wildman–Crippen LogP) is 2.81. The third kappa shape index (κ3) is 4.11. The quantitative estimate of drug-likeness (QED) is 0.812. The lowest BCUT2D eigenvalue weighted by Gasteiger charge is -2.11. The van der Waals surface area contributed by atoms with Crippen molar-refractivity contribution in [2.24, 2.45) is 0 Å². The van der Waals surface area contributed by atoms with Crippen LogP contribution in [-0.4, -0.2) is 36.6 Å². The van der Waals surface area contributed by atoms with Gasteiger partial charge in [0.15, 0.2) is 6.10 Å². The predicted molar refractivity (Wildman–Crippen MR) is 92.4 cm³/mol. The van der Waals surface area contributed by atoms with E-state index in [9.17, 15) is 9.59 Å². The van der Waals surface area contributed by atoms with Gasteiger partial charge in [-0.25, -0.2) is 9.78 Å². The van der Waals surface area contributed by atoms with E-state index >= 15 is 0 Å². The van der Waals surface area contributed by atoms with Crippen LogP contribution in [0.4, 0.5) is 0 Å². The molecule has 1 aromatic carbocycles. The molecule has 0 spiro atoms. The molecule has 0 aliphatic carbocycles. The molecule has 7 heteroatoms. The van der Waals surface area contributed by atoms with Crippen LogP contribution in [0.1, 0.15) is 29.2 Å². The number of hydrogen-bond donors (Lipinski definition) is 1. The lowest BCUT2D eigenvalue weighted by atomic mass is 10.2. The first kappa shape index (κ1) is 17.9. The summed E-state index contributed by atoms with van der Waals surface area (Å²) in [5.41, 5.74) is 1.47. The summed E-state index contributed by atoms with van der Waals surface area (Å²) in [5.74, 6) is -0.102. The third-order valence-corrected chi connectivity index (χ3v) is 4.51. The van der Waals surface area contributed by atoms with Crippen LogP contribution in [0.3, 0.4) is 0 Å². The normalized spacial score (nSPS) is 11.7. The van der Waals surface area contributed by atoms with Gasteiger partial charge in [-0.15, -0.1) is 11.3 Å². The molecule has 2 aromatic rings. The molecule has 24 heavy (non-hydrogen) atoms. The van der Waals surface area contributed by atoms with E-state index in [1.807, 2.05) is 24.3 Å². The zero-order valence-corrected chi connectivity index (χ0v) is 14.9. The van der Waals surface area contributed by atoms with Crippen LogP contribution < -0.4 is 10.1 Å². The van der Waals surface area contributed by atoms with E-state index < -0.39 is 12.1 Å². The molecule has 1 atom stereocenters. The van der Waals surface area contributed by atoms with Crippen LogP contribution in [0.2, 0.25) is 0 Å². The van der Waals surface area contributed by atoms with E-state index in [0.717, 1.165) is 11.3 Å². The first-order chi connectivity index (χ1) is 11.5. The van der Waals surface area contributed by atoms with Gasteiger partial charge in [-0.2, -0.15) is 0 Å². The SMILES string of the molecule is CCNC(=O)[C@H](C)OC(=O)c1sc(-c2ccc(OC)cc2)nc1C. The van der Waals surface area contributed by atoms with Crippen LogP contribution in [0.5, 0.6) is 5.75 Å². The molecule has 1 N–H and O–H groups in total. The third-order valence-electron chi connectivity index (χ3n) is 3.32. The molecule has 1 amide bonds. The summed E-state index contributed by atoms with van der Waals surface area (Å²) in [5, 5.41) is 3.33. The van der Waals surface area contributed by atoms with Crippen molar-refractivity contribution in [3.63, 3.8) is 0 Å². The van der Waals surface area contributed by atoms with Gasteiger partial charge in [0.1, 0.15) is 15.6 Å². The number of amides is 1. The number of aryl methyl sites for hydroxylation is 1. The van der Waals surface area contributed by atoms with Crippen LogP contribution in [0.25, 0.3) is 10.6 Å². The van der Waals surface area contributed by atoms with Gasteiger partial charge in [-0.05, 0) is 45.0 Å². The lowest BCUT2D eigenvalue weighted by molar-refractivity contribution is -0.128. The van der Waals surface area contributed by atoms with Crippen molar-refractivity contribution in [2.45, 2.75) is 26.9 Å². The maximum atomic E-state index is 12.3. The van der Waals surface area contributed by atoms with Crippen molar-refractivity contribution in [2.75, 3.05) is 13.7 Å². The number of ether oxygens (including phenoxy) is 2. The molecule has 2 rings (SSSR count). The summed E-state index contributed by atoms with van der Waals surface area (Å²) in [6.45, 7) is 5.59. The Morgan fingerprint density at radius 3 is 2.54 bits per heavy atom. The van der Waals surface area contributed by atoms with Gasteiger partial charge >= 0.3 is 5.97 Å². The van der Waals surface area contributed by atoms with E-state index in [-0.39, 0.29) is 5.91 Å². The minimum atomic E-state index is -0.844. The van der Waals surface area contributed by atoms with Crippen LogP contribution in [0.15, 0.2) is 24.3 Å². The highest BCUT2D eigenvalue weighted by Crippen LogP contribution is 2.29. The molecule has 0 saturated carbocycles. The summed E-state index contributed by atoms with van der Waals surface area (Å²) >= 11 is 1.24. The first-order valence-electron chi connectivity index (χ1n) is 7.56. The average molecular weight is 348 g/mol. The molecule has 0 radical (unpaired) electrons. The van der Waals surface area contributed by atoms with E-state index in [2.05, 4.69) is 10.3 Å². The monoisotopic (exact) mass is 348 g/mol. The van der Waals surface area contributed by atoms with Gasteiger partial charge in [0.25, 0.3) is 5.91 Å². The molecule has 6 nitrogen and oxygen atoms in total. The highest BCUT2D eigenvalue weighted by atomic mass is 32.1. The van der Waals surface area contributed by atoms with Gasteiger partial charge in [0, 0.05) is 12.1 Å². The molecule has 0 aliphatic heterocycles. The van der Waals surface area contributed by atoms with Gasteiger partial charge in [0.2, 0.25) is 0 Å². The van der Waals surface area contributed by atoms with Crippen molar-refractivity contribution in [3.05, 3.63) is 34.8 Å². The Bertz CT molecular complexity index is 725. The molecule has 0 aliphatic rings. The van der Waals surface area contributed by atoms with Crippen molar-refractivity contribution >= 4 is 23.2 Å². The van der Waals surface area contributed by atoms with Gasteiger partial charge in [0.05, 0.1) is 12.8 Å². The minimum absolute atomic E-state index is 0.316. The second-order valence-electron chi connectivity index (χ2n) is 5.10. The molecule has 1 aromatic heterocycles. The Hall–Kier alpha value is -2.41. The highest BCUT2D eigenvalue weighted by Gasteiger charge is 2.22. The van der Waals surface area contributed by atoms with E-state index in [1.54, 1.807) is 27.9 Å². The molecule has 0 fully saturated rings. The van der Waals surface area contributed by atoms with E-state index in [4.69, 9.17) is 9.47 Å². The number of aromatic nitrogens is 1. The second kappa shape index (κ2) is 7.92. The topological polar surface area (TPSA) is 77.5 Å². The van der Waals surface area contributed by atoms with Crippen molar-refractivity contribution < 1.29 is 19.1 Å². The Balaban J connectivity index is 2.15. The van der Waals surface area contributed by atoms with Crippen LogP contribution >= 0.6 is 11.3 Å². The van der Waals surface area contributed by atoms with E-state index in [0.29, 0.717) is 22.1 Å². The Morgan fingerprint density at radius 2 is 1.96 bits per heavy atom. The summed E-state index contributed by atoms with van der Waals surface area (Å²) in [6, 6.07) is 7.43. The maximum Gasteiger partial charge on any atom is 0.351 e. The molecule has 1 heterocycles. The Morgan fingerprint density at radius 1 is 1.29 bits per heavy atom. The average Bonchev–Trinajstić information content (AvgIpc) is 2.97. The molecule has 0 saturated heterocycles. The fraction of sp³-hybridized carbons (Fsp3) is 0.353. The Labute approximate surface area is 144 Å². The number of esters is 1. The number of rotatable bonds is 6. The number of benzene rings is 1. The van der Waals surface area contributed by atoms with Crippen molar-refractivity contribution in [3.8, 4) is 16.3 Å². The van der Waals surface area contributed by atoms with Gasteiger partial charge < -0.3 is 14.8 Å². The zero-order valence-electron chi connectivity index (χ0n) is 14.1. The number of thiazole rings is 1. The fourth-order valence-electron chi connectivity index (χ4n) is 2.03. The first-order valence-corrected chi connectivity index (χ1v) is 8.38. The highest BCUT2D eigenvalue weighted by molar-refractivity contribution is 7.17. The van der Waals surface area contributed by atoms with Crippen LogP contribution in [-0.2, 0) is 9.53 Å². The number of methoxy groups -OCH3 is 1. The summed E-state index contributed by atoms with van der Waals surface area (Å²) in [4.78, 5) is 28.8. The second-order valence-corrected chi connectivity index (χ2v) is 6.10. The van der Waals surface area contributed by atoms with E-state index in [1.165, 1.54) is 11.3 Å². The van der Waals surface area contributed by atoms with Gasteiger partial charge in [-0.3, -0.25) is 4.79 Å². The molecular formula is C17H20N2O4S. The summed E-state index contributed by atoms with van der Waals surface area (Å²) in [6.07, 6.45) is -0.844. The number of nitrogens with zero attached hydrogens (tertiary/aromatic N) is 1. The van der Waals surface area contributed by atoms with Crippen LogP contribution in [0, 0.1) is 6.92 Å². The molecule has 0 unspecified atom stereocenters. The largest absolute Gasteiger partial charge is 0.497 e. The maximum absolute atomic E-state index is 12.3. The Kier molecular flexibility index (Phi) is 5.92. The number of likely N-dealkylation sites (N-methyl/N-ethyl adjacent to an activating group) is 1. The lowest BCUT2D eigenvalue weighted by Crippen LogP contribution is -2.35. The van der Waals surface area contributed by atoms with Crippen molar-refractivity contribution in [1.29, 1.82) is 0 Å². The van der Waals surface area contributed by atoms with Gasteiger partial charge in [-0.1, -0.05) is 0 Å². The summed E-state index contributed by atoms with van der Waals surface area (Å²) in [7, 11) is 1.60. The smallest absolute Gasteiger partial charge is 0.351 e. The molecular weight excluding hydrogens is 328 g/mol. The zero-order chi connectivity index (χ0) is 17.7. The minimum Gasteiger partial charge on any atom is -0.497 e. The number of carbonyl (C=O) groups is 2. The standard InChI is InChI=1S/C17H20N2O4S/c1-5-18-15(20)11(3)23-17(21)14-10(2)19-16(24-14)12-6-8-13(22-4)9-7-12/h6-9,11H,5H2,1-4H3,(H,18,20)/t11-/m0/s1. The van der Waals surface area contributed by atoms with Crippen molar-refractivity contribution in [1.82, 2.24) is 10.3 Å². The molecule has 0 bridgehead atoms. The number of hydrogen-bond acceptors (Lipinski definition) is 6. The number of carbonyl (C=O) groups excluding carboxylic acids is 2. The molecule has 128 valence electrons. The number of nitrogens with one attached hydrogen (secondary N) is 1. The summed E-state index contributed by atoms with van der Waals surface area (Å²) < 4.78 is 10.3.